The fourth-order valence-corrected chi connectivity index (χ4v) is 3.17. The molecule has 1 heterocycles. The van der Waals surface area contributed by atoms with Gasteiger partial charge in [-0.05, 0) is 18.6 Å². The third-order valence-electron chi connectivity index (χ3n) is 4.82. The maximum Gasteiger partial charge on any atom is 0.228 e. The first-order chi connectivity index (χ1) is 12.0. The number of hydrogen-bond donors (Lipinski definition) is 1. The molecule has 0 bridgehead atoms. The Labute approximate surface area is 146 Å². The van der Waals surface area contributed by atoms with Crippen LogP contribution in [0.25, 0.3) is 0 Å². The first-order valence-electron chi connectivity index (χ1n) is 8.49. The minimum absolute atomic E-state index is 0.0222. The average molecular weight is 345 g/mol. The van der Waals surface area contributed by atoms with Crippen molar-refractivity contribution in [3.05, 3.63) is 24.3 Å². The van der Waals surface area contributed by atoms with Crippen LogP contribution in [-0.4, -0.2) is 60.8 Å². The van der Waals surface area contributed by atoms with Gasteiger partial charge in [0, 0.05) is 44.9 Å². The van der Waals surface area contributed by atoms with Crippen molar-refractivity contribution in [3.63, 3.8) is 0 Å². The van der Waals surface area contributed by atoms with Gasteiger partial charge in [0.2, 0.25) is 17.7 Å². The molecule has 2 atom stereocenters. The topological polar surface area (TPSA) is 79.0 Å². The van der Waals surface area contributed by atoms with Crippen LogP contribution in [0.2, 0.25) is 0 Å². The Hall–Kier alpha value is -2.57. The molecule has 25 heavy (non-hydrogen) atoms. The molecule has 1 aromatic carbocycles. The quantitative estimate of drug-likeness (QED) is 0.882. The molecule has 7 heteroatoms. The summed E-state index contributed by atoms with van der Waals surface area (Å²) in [6.07, 6.45) is 0.585. The number of benzene rings is 1. The van der Waals surface area contributed by atoms with E-state index in [0.29, 0.717) is 44.0 Å². The van der Waals surface area contributed by atoms with Crippen molar-refractivity contribution < 1.29 is 19.1 Å². The van der Waals surface area contributed by atoms with Crippen LogP contribution in [-0.2, 0) is 14.4 Å². The molecule has 1 saturated carbocycles. The second kappa shape index (κ2) is 7.13. The van der Waals surface area contributed by atoms with Gasteiger partial charge in [0.25, 0.3) is 0 Å². The SMILES string of the molecule is COc1cccc(NC(=O)C2CC2C(=O)N2CCN(C(C)=O)CC2)c1. The lowest BCUT2D eigenvalue weighted by molar-refractivity contribution is -0.139. The van der Waals surface area contributed by atoms with E-state index in [2.05, 4.69) is 5.32 Å². The predicted octanol–water partition coefficient (Wildman–Crippen LogP) is 0.960. The third-order valence-corrected chi connectivity index (χ3v) is 4.82. The first kappa shape index (κ1) is 17.3. The third kappa shape index (κ3) is 3.92. The summed E-state index contributed by atoms with van der Waals surface area (Å²) in [5.41, 5.74) is 0.664. The highest BCUT2D eigenvalue weighted by molar-refractivity contribution is 5.99. The summed E-state index contributed by atoms with van der Waals surface area (Å²) in [6.45, 7) is 3.75. The van der Waals surface area contributed by atoms with Gasteiger partial charge in [-0.2, -0.15) is 0 Å². The highest BCUT2D eigenvalue weighted by Gasteiger charge is 2.49. The summed E-state index contributed by atoms with van der Waals surface area (Å²) < 4.78 is 5.14. The molecule has 3 rings (SSSR count). The van der Waals surface area contributed by atoms with E-state index in [4.69, 9.17) is 4.74 Å². The number of carbonyl (C=O) groups is 3. The summed E-state index contributed by atoms with van der Waals surface area (Å²) >= 11 is 0. The van der Waals surface area contributed by atoms with Crippen LogP contribution in [0.5, 0.6) is 5.75 Å². The molecule has 2 unspecified atom stereocenters. The Balaban J connectivity index is 1.51. The van der Waals surface area contributed by atoms with E-state index in [1.807, 2.05) is 0 Å². The first-order valence-corrected chi connectivity index (χ1v) is 8.49. The fourth-order valence-electron chi connectivity index (χ4n) is 3.17. The summed E-state index contributed by atoms with van der Waals surface area (Å²) in [5.74, 6) is 0.0839. The number of hydrogen-bond acceptors (Lipinski definition) is 4. The highest BCUT2D eigenvalue weighted by atomic mass is 16.5. The van der Waals surface area contributed by atoms with Crippen LogP contribution < -0.4 is 10.1 Å². The zero-order chi connectivity index (χ0) is 18.0. The van der Waals surface area contributed by atoms with E-state index >= 15 is 0 Å². The van der Waals surface area contributed by atoms with Crippen molar-refractivity contribution in [2.45, 2.75) is 13.3 Å². The number of anilines is 1. The molecule has 1 aliphatic heterocycles. The van der Waals surface area contributed by atoms with Crippen molar-refractivity contribution in [1.29, 1.82) is 0 Å². The maximum atomic E-state index is 12.5. The van der Waals surface area contributed by atoms with Crippen LogP contribution in [0.1, 0.15) is 13.3 Å². The van der Waals surface area contributed by atoms with Crippen molar-refractivity contribution in [1.82, 2.24) is 9.80 Å². The molecule has 7 nitrogen and oxygen atoms in total. The van der Waals surface area contributed by atoms with Crippen LogP contribution in [0.4, 0.5) is 5.69 Å². The molecule has 1 aliphatic carbocycles. The second-order valence-corrected chi connectivity index (χ2v) is 6.50. The number of rotatable bonds is 4. The minimum Gasteiger partial charge on any atom is -0.497 e. The van der Waals surface area contributed by atoms with Crippen molar-refractivity contribution in [2.24, 2.45) is 11.8 Å². The van der Waals surface area contributed by atoms with Gasteiger partial charge in [0.05, 0.1) is 18.9 Å². The van der Waals surface area contributed by atoms with E-state index in [1.54, 1.807) is 41.2 Å². The number of nitrogens with zero attached hydrogens (tertiary/aromatic N) is 2. The largest absolute Gasteiger partial charge is 0.497 e. The van der Waals surface area contributed by atoms with Crippen molar-refractivity contribution in [2.75, 3.05) is 38.6 Å². The Morgan fingerprint density at radius 1 is 1.08 bits per heavy atom. The number of ether oxygens (including phenoxy) is 1. The smallest absolute Gasteiger partial charge is 0.228 e. The zero-order valence-electron chi connectivity index (χ0n) is 14.5. The van der Waals surface area contributed by atoms with Crippen molar-refractivity contribution in [3.8, 4) is 5.75 Å². The summed E-state index contributed by atoms with van der Waals surface area (Å²) in [4.78, 5) is 39.7. The fraction of sp³-hybridized carbons (Fsp3) is 0.500. The van der Waals surface area contributed by atoms with Crippen LogP contribution in [0, 0.1) is 11.8 Å². The number of methoxy groups -OCH3 is 1. The molecule has 2 fully saturated rings. The van der Waals surface area contributed by atoms with Crippen LogP contribution in [0.15, 0.2) is 24.3 Å². The Morgan fingerprint density at radius 2 is 1.76 bits per heavy atom. The molecule has 1 aromatic rings. The molecule has 2 aliphatic rings. The molecule has 1 saturated heterocycles. The number of nitrogens with one attached hydrogen (secondary N) is 1. The molecular weight excluding hydrogens is 322 g/mol. The Morgan fingerprint density at radius 3 is 2.40 bits per heavy atom. The average Bonchev–Trinajstić information content (AvgIpc) is 3.42. The lowest BCUT2D eigenvalue weighted by Crippen LogP contribution is -2.50. The molecule has 1 N–H and O–H groups in total. The van der Waals surface area contributed by atoms with Gasteiger partial charge in [-0.15, -0.1) is 0 Å². The Kier molecular flexibility index (Phi) is 4.92. The number of carbonyl (C=O) groups excluding carboxylic acids is 3. The minimum atomic E-state index is -0.274. The van der Waals surface area contributed by atoms with E-state index in [9.17, 15) is 14.4 Å². The molecule has 134 valence electrons. The lowest BCUT2D eigenvalue weighted by Gasteiger charge is -2.34. The van der Waals surface area contributed by atoms with Gasteiger partial charge in [-0.3, -0.25) is 14.4 Å². The van der Waals surface area contributed by atoms with Gasteiger partial charge in [-0.1, -0.05) is 6.07 Å². The van der Waals surface area contributed by atoms with Gasteiger partial charge < -0.3 is 19.9 Å². The van der Waals surface area contributed by atoms with Gasteiger partial charge in [-0.25, -0.2) is 0 Å². The highest BCUT2D eigenvalue weighted by Crippen LogP contribution is 2.41. The number of amides is 3. The van der Waals surface area contributed by atoms with E-state index < -0.39 is 0 Å². The van der Waals surface area contributed by atoms with E-state index in [1.165, 1.54) is 6.92 Å². The number of piperazine rings is 1. The van der Waals surface area contributed by atoms with Gasteiger partial charge in [0.15, 0.2) is 0 Å². The van der Waals surface area contributed by atoms with E-state index in [-0.39, 0.29) is 29.6 Å². The zero-order valence-corrected chi connectivity index (χ0v) is 14.5. The second-order valence-electron chi connectivity index (χ2n) is 6.50. The maximum absolute atomic E-state index is 12.5. The lowest BCUT2D eigenvalue weighted by atomic mass is 10.2. The monoisotopic (exact) mass is 345 g/mol. The standard InChI is InChI=1S/C18H23N3O4/c1-12(22)20-6-8-21(9-7-20)18(24)16-11-15(16)17(23)19-13-4-3-5-14(10-13)25-2/h3-5,10,15-16H,6-9,11H2,1-2H3,(H,19,23). The molecule has 0 radical (unpaired) electrons. The summed E-state index contributed by atoms with van der Waals surface area (Å²) in [5, 5.41) is 2.85. The summed E-state index contributed by atoms with van der Waals surface area (Å²) in [7, 11) is 1.57. The van der Waals surface area contributed by atoms with E-state index in [0.717, 1.165) is 0 Å². The summed E-state index contributed by atoms with van der Waals surface area (Å²) in [6, 6.07) is 7.15. The van der Waals surface area contributed by atoms with Crippen LogP contribution >= 0.6 is 0 Å². The molecule has 0 aromatic heterocycles. The molecule has 3 amide bonds. The van der Waals surface area contributed by atoms with Crippen LogP contribution in [0.3, 0.4) is 0 Å². The van der Waals surface area contributed by atoms with Crippen molar-refractivity contribution >= 4 is 23.4 Å². The normalized spacial score (nSPS) is 22.3. The van der Waals surface area contributed by atoms with Gasteiger partial charge >= 0.3 is 0 Å². The predicted molar refractivity (Wildman–Crippen MR) is 92.1 cm³/mol. The molecular formula is C18H23N3O4. The molecule has 0 spiro atoms. The Bertz CT molecular complexity index is 683. The van der Waals surface area contributed by atoms with Gasteiger partial charge in [0.1, 0.15) is 5.75 Å².